The van der Waals surface area contributed by atoms with E-state index in [9.17, 15) is 21.6 Å². The summed E-state index contributed by atoms with van der Waals surface area (Å²) in [5.41, 5.74) is 2.26. The van der Waals surface area contributed by atoms with Crippen LogP contribution in [0.5, 0.6) is 5.75 Å². The van der Waals surface area contributed by atoms with Gasteiger partial charge in [-0.05, 0) is 47.6 Å². The number of alkyl halides is 3. The van der Waals surface area contributed by atoms with Gasteiger partial charge in [-0.1, -0.05) is 30.3 Å². The van der Waals surface area contributed by atoms with Gasteiger partial charge in [-0.25, -0.2) is 12.7 Å². The Morgan fingerprint density at radius 3 is 2.22 bits per heavy atom. The van der Waals surface area contributed by atoms with Crippen molar-refractivity contribution in [1.82, 2.24) is 9.21 Å². The van der Waals surface area contributed by atoms with Crippen molar-refractivity contribution < 1.29 is 26.3 Å². The molecule has 0 aromatic heterocycles. The Balaban J connectivity index is 1.40. The third-order valence-corrected chi connectivity index (χ3v) is 7.48. The van der Waals surface area contributed by atoms with Gasteiger partial charge in [0.15, 0.2) is 0 Å². The molecule has 2 aliphatic heterocycles. The van der Waals surface area contributed by atoms with Crippen LogP contribution in [0.1, 0.15) is 35.1 Å². The van der Waals surface area contributed by atoms with Crippen molar-refractivity contribution in [2.24, 2.45) is 5.92 Å². The summed E-state index contributed by atoms with van der Waals surface area (Å²) in [5.74, 6) is -0.145. The number of rotatable bonds is 6. The lowest BCUT2D eigenvalue weighted by atomic mass is 9.99. The van der Waals surface area contributed by atoms with Crippen LogP contribution in [0.2, 0.25) is 0 Å². The molecule has 5 nitrogen and oxygen atoms in total. The first-order chi connectivity index (χ1) is 15.1. The number of ether oxygens (including phenoxy) is 1. The van der Waals surface area contributed by atoms with Crippen LogP contribution < -0.4 is 4.74 Å². The molecule has 2 aromatic carbocycles. The zero-order valence-corrected chi connectivity index (χ0v) is 18.8. The van der Waals surface area contributed by atoms with Crippen molar-refractivity contribution in [2.75, 3.05) is 26.0 Å². The third kappa shape index (κ3) is 5.44. The van der Waals surface area contributed by atoms with Gasteiger partial charge in [0.2, 0.25) is 10.0 Å². The zero-order chi connectivity index (χ0) is 22.9. The lowest BCUT2D eigenvalue weighted by molar-refractivity contribution is -0.139. The highest BCUT2D eigenvalue weighted by molar-refractivity contribution is 7.88. The average Bonchev–Trinajstić information content (AvgIpc) is 3.14. The van der Waals surface area contributed by atoms with E-state index in [0.29, 0.717) is 38.0 Å². The molecule has 9 heteroatoms. The zero-order valence-electron chi connectivity index (χ0n) is 17.9. The molecule has 0 N–H and O–H groups in total. The largest absolute Gasteiger partial charge is 0.493 e. The van der Waals surface area contributed by atoms with Crippen molar-refractivity contribution in [3.8, 4) is 5.75 Å². The third-order valence-electron chi connectivity index (χ3n) is 6.18. The number of piperidine rings is 1. The van der Waals surface area contributed by atoms with Gasteiger partial charge in [0.05, 0.1) is 18.4 Å². The minimum absolute atomic E-state index is 0.0249. The Kier molecular flexibility index (Phi) is 6.51. The van der Waals surface area contributed by atoms with Crippen LogP contribution in [-0.2, 0) is 35.8 Å². The summed E-state index contributed by atoms with van der Waals surface area (Å²) in [4.78, 5) is 2.12. The van der Waals surface area contributed by atoms with Gasteiger partial charge in [-0.2, -0.15) is 13.2 Å². The number of benzene rings is 2. The molecule has 0 saturated carbocycles. The first-order valence-corrected chi connectivity index (χ1v) is 12.5. The van der Waals surface area contributed by atoms with Crippen LogP contribution in [-0.4, -0.2) is 43.6 Å². The summed E-state index contributed by atoms with van der Waals surface area (Å²) in [6.07, 6.45) is -2.20. The molecule has 0 aliphatic carbocycles. The minimum Gasteiger partial charge on any atom is -0.493 e. The van der Waals surface area contributed by atoms with Crippen LogP contribution in [0.4, 0.5) is 13.2 Å². The molecule has 0 radical (unpaired) electrons. The normalized spacial score (nSPS) is 18.6. The monoisotopic (exact) mass is 468 g/mol. The summed E-state index contributed by atoms with van der Waals surface area (Å²) in [6.45, 7) is 2.76. The second kappa shape index (κ2) is 9.03. The molecule has 1 fully saturated rings. The summed E-state index contributed by atoms with van der Waals surface area (Å²) >= 11 is 0. The minimum atomic E-state index is -4.51. The fourth-order valence-electron chi connectivity index (χ4n) is 4.41. The quantitative estimate of drug-likeness (QED) is 0.635. The van der Waals surface area contributed by atoms with E-state index in [1.807, 2.05) is 24.3 Å². The summed E-state index contributed by atoms with van der Waals surface area (Å²) in [6, 6.07) is 12.3. The van der Waals surface area contributed by atoms with Gasteiger partial charge in [-0.3, -0.25) is 4.90 Å². The topological polar surface area (TPSA) is 49.9 Å². The Morgan fingerprint density at radius 1 is 1.03 bits per heavy atom. The first kappa shape index (κ1) is 23.1. The van der Waals surface area contributed by atoms with E-state index in [1.54, 1.807) is 6.07 Å². The molecule has 0 atom stereocenters. The Hall–Kier alpha value is -2.10. The van der Waals surface area contributed by atoms with Gasteiger partial charge < -0.3 is 4.74 Å². The van der Waals surface area contributed by atoms with Crippen molar-refractivity contribution >= 4 is 10.0 Å². The van der Waals surface area contributed by atoms with E-state index in [4.69, 9.17) is 4.74 Å². The van der Waals surface area contributed by atoms with Gasteiger partial charge >= 0.3 is 6.18 Å². The smallest absolute Gasteiger partial charge is 0.419 e. The highest BCUT2D eigenvalue weighted by Crippen LogP contribution is 2.38. The molecule has 2 aliphatic rings. The molecule has 0 spiro atoms. The number of fused-ring (bicyclic) bond motifs is 1. The van der Waals surface area contributed by atoms with E-state index < -0.39 is 21.8 Å². The standard InChI is InChI=1S/C23H27F3N2O3S/c1-32(29,30)28-10-8-17(9-11-28)16-31-22-7-6-18(12-21(22)23(24,25)26)13-27-14-19-4-2-3-5-20(19)15-27/h2-7,12,17H,8-11,13-16H2,1H3. The maximum absolute atomic E-state index is 13.7. The summed E-state index contributed by atoms with van der Waals surface area (Å²) in [5, 5.41) is 0. The molecule has 0 amide bonds. The van der Waals surface area contributed by atoms with Crippen LogP contribution in [0.3, 0.4) is 0 Å². The van der Waals surface area contributed by atoms with Crippen LogP contribution in [0, 0.1) is 5.92 Å². The second-order valence-corrected chi connectivity index (χ2v) is 10.6. The fourth-order valence-corrected chi connectivity index (χ4v) is 5.29. The van der Waals surface area contributed by atoms with E-state index >= 15 is 0 Å². The lowest BCUT2D eigenvalue weighted by Gasteiger charge is -2.30. The second-order valence-electron chi connectivity index (χ2n) is 8.66. The van der Waals surface area contributed by atoms with Crippen LogP contribution >= 0.6 is 0 Å². The molecule has 1 saturated heterocycles. The van der Waals surface area contributed by atoms with Crippen LogP contribution in [0.25, 0.3) is 0 Å². The molecule has 4 rings (SSSR count). The van der Waals surface area contributed by atoms with Crippen molar-refractivity contribution in [3.05, 3.63) is 64.7 Å². The van der Waals surface area contributed by atoms with Crippen molar-refractivity contribution in [2.45, 2.75) is 38.7 Å². The molecule has 2 aromatic rings. The van der Waals surface area contributed by atoms with Gasteiger partial charge in [0, 0.05) is 32.7 Å². The molecular weight excluding hydrogens is 441 g/mol. The maximum atomic E-state index is 13.7. The van der Waals surface area contributed by atoms with Gasteiger partial charge in [0.1, 0.15) is 5.75 Å². The molecular formula is C23H27F3N2O3S. The Bertz CT molecular complexity index is 1040. The average molecular weight is 469 g/mol. The lowest BCUT2D eigenvalue weighted by Crippen LogP contribution is -2.39. The van der Waals surface area contributed by atoms with Crippen molar-refractivity contribution in [1.29, 1.82) is 0 Å². The molecule has 0 unspecified atom stereocenters. The highest BCUT2D eigenvalue weighted by Gasteiger charge is 2.35. The SMILES string of the molecule is CS(=O)(=O)N1CCC(COc2ccc(CN3Cc4ccccc4C3)cc2C(F)(F)F)CC1. The van der Waals surface area contributed by atoms with E-state index in [1.165, 1.54) is 33.8 Å². The molecule has 32 heavy (non-hydrogen) atoms. The molecule has 174 valence electrons. The first-order valence-electron chi connectivity index (χ1n) is 10.7. The summed E-state index contributed by atoms with van der Waals surface area (Å²) in [7, 11) is -3.24. The summed E-state index contributed by atoms with van der Waals surface area (Å²) < 4.78 is 71.4. The van der Waals surface area contributed by atoms with Gasteiger partial charge in [0.25, 0.3) is 0 Å². The number of sulfonamides is 1. The predicted octanol–water partition coefficient (Wildman–Crippen LogP) is 4.27. The number of halogens is 3. The number of nitrogens with zero attached hydrogens (tertiary/aromatic N) is 2. The highest BCUT2D eigenvalue weighted by atomic mass is 32.2. The van der Waals surface area contributed by atoms with Gasteiger partial charge in [-0.15, -0.1) is 0 Å². The predicted molar refractivity (Wildman–Crippen MR) is 115 cm³/mol. The maximum Gasteiger partial charge on any atom is 0.419 e. The van der Waals surface area contributed by atoms with E-state index in [0.717, 1.165) is 13.1 Å². The number of hydrogen-bond acceptors (Lipinski definition) is 4. The Morgan fingerprint density at radius 2 is 1.66 bits per heavy atom. The molecule has 2 heterocycles. The van der Waals surface area contributed by atoms with Crippen LogP contribution in [0.15, 0.2) is 42.5 Å². The number of hydrogen-bond donors (Lipinski definition) is 0. The van der Waals surface area contributed by atoms with Crippen molar-refractivity contribution in [3.63, 3.8) is 0 Å². The van der Waals surface area contributed by atoms with E-state index in [-0.39, 0.29) is 18.3 Å². The fraction of sp³-hybridized carbons (Fsp3) is 0.478. The van der Waals surface area contributed by atoms with E-state index in [2.05, 4.69) is 4.90 Å². The Labute approximate surface area is 186 Å². The molecule has 0 bridgehead atoms.